The molecule has 0 radical (unpaired) electrons. The number of rotatable bonds is 1. The summed E-state index contributed by atoms with van der Waals surface area (Å²) >= 11 is 0. The Morgan fingerprint density at radius 2 is 1.90 bits per heavy atom. The molecule has 1 fully saturated rings. The van der Waals surface area contributed by atoms with E-state index in [4.69, 9.17) is 4.74 Å². The molecule has 1 aliphatic heterocycles. The summed E-state index contributed by atoms with van der Waals surface area (Å²) in [6, 6.07) is 1.60. The van der Waals surface area contributed by atoms with Gasteiger partial charge in [0.15, 0.2) is 0 Å². The van der Waals surface area contributed by atoms with Gasteiger partial charge in [0.1, 0.15) is 11.2 Å². The fraction of sp³-hybridized carbons (Fsp3) is 0.550. The molecule has 29 heavy (non-hydrogen) atoms. The van der Waals surface area contributed by atoms with Crippen LogP contribution in [0, 0.1) is 13.8 Å². The highest BCUT2D eigenvalue weighted by Crippen LogP contribution is 2.30. The molecule has 1 saturated heterocycles. The van der Waals surface area contributed by atoms with Gasteiger partial charge in [-0.05, 0) is 53.0 Å². The second kappa shape index (κ2) is 6.82. The third-order valence-electron chi connectivity index (χ3n) is 5.41. The normalized spacial score (nSPS) is 16.0. The first-order valence-electron chi connectivity index (χ1n) is 9.87. The average molecular weight is 398 g/mol. The highest BCUT2D eigenvalue weighted by Gasteiger charge is 2.29. The number of piperidine rings is 1. The number of aromatic nitrogens is 5. The smallest absolute Gasteiger partial charge is 0.410 e. The number of H-pyrrole nitrogens is 1. The molecule has 0 spiro atoms. The van der Waals surface area contributed by atoms with Gasteiger partial charge in [0.05, 0.1) is 16.8 Å². The summed E-state index contributed by atoms with van der Waals surface area (Å²) in [4.78, 5) is 29.4. The number of amides is 1. The van der Waals surface area contributed by atoms with Crippen LogP contribution in [0.25, 0.3) is 16.7 Å². The number of aryl methyl sites for hydroxylation is 2. The molecule has 0 unspecified atom stereocenters. The number of hydrogen-bond acceptors (Lipinski definition) is 6. The highest BCUT2D eigenvalue weighted by atomic mass is 16.6. The largest absolute Gasteiger partial charge is 0.444 e. The second-order valence-electron chi connectivity index (χ2n) is 8.67. The Hall–Kier alpha value is -2.97. The Balaban J connectivity index is 1.66. The number of carbonyl (C=O) groups is 1. The Kier molecular flexibility index (Phi) is 4.55. The molecule has 1 amide bonds. The third kappa shape index (κ3) is 3.56. The predicted molar refractivity (Wildman–Crippen MR) is 108 cm³/mol. The zero-order chi connectivity index (χ0) is 20.9. The number of hydrogen-bond donors (Lipinski definition) is 1. The van der Waals surface area contributed by atoms with Gasteiger partial charge in [-0.15, -0.1) is 10.2 Å². The van der Waals surface area contributed by atoms with Crippen LogP contribution in [-0.2, 0) is 4.74 Å². The van der Waals surface area contributed by atoms with Gasteiger partial charge in [0.25, 0.3) is 5.56 Å². The summed E-state index contributed by atoms with van der Waals surface area (Å²) in [6.45, 7) is 10.6. The quantitative estimate of drug-likeness (QED) is 0.676. The number of carbonyl (C=O) groups excluding carboxylic acids is 1. The zero-order valence-corrected chi connectivity index (χ0v) is 17.4. The fourth-order valence-corrected chi connectivity index (χ4v) is 3.83. The second-order valence-corrected chi connectivity index (χ2v) is 8.67. The minimum absolute atomic E-state index is 0.113. The highest BCUT2D eigenvalue weighted by molar-refractivity contribution is 5.92. The molecule has 3 aromatic heterocycles. The van der Waals surface area contributed by atoms with Gasteiger partial charge < -0.3 is 14.6 Å². The first-order valence-corrected chi connectivity index (χ1v) is 9.87. The van der Waals surface area contributed by atoms with Crippen molar-refractivity contribution in [3.05, 3.63) is 33.4 Å². The average Bonchev–Trinajstić information content (AvgIpc) is 3.02. The van der Waals surface area contributed by atoms with E-state index in [2.05, 4.69) is 20.3 Å². The molecular weight excluding hydrogens is 372 g/mol. The van der Waals surface area contributed by atoms with Gasteiger partial charge >= 0.3 is 6.09 Å². The van der Waals surface area contributed by atoms with E-state index in [1.54, 1.807) is 15.5 Å². The molecule has 4 heterocycles. The first-order chi connectivity index (χ1) is 13.6. The molecule has 1 N–H and O–H groups in total. The lowest BCUT2D eigenvalue weighted by Gasteiger charge is -2.33. The van der Waals surface area contributed by atoms with E-state index in [9.17, 15) is 9.59 Å². The van der Waals surface area contributed by atoms with Crippen LogP contribution < -0.4 is 5.56 Å². The SMILES string of the molecule is Cc1nnc2nn3c(C4CCN(C(=O)OC(C)(C)C)CC4)cc(=O)[nH]c3c2c1C. The number of aromatic amines is 1. The molecule has 0 aliphatic carbocycles. The molecule has 9 heteroatoms. The van der Waals surface area contributed by atoms with Crippen molar-refractivity contribution in [3.63, 3.8) is 0 Å². The number of fused-ring (bicyclic) bond motifs is 3. The van der Waals surface area contributed by atoms with E-state index in [1.807, 2.05) is 34.6 Å². The van der Waals surface area contributed by atoms with Crippen LogP contribution in [0.2, 0.25) is 0 Å². The van der Waals surface area contributed by atoms with Crippen LogP contribution in [0.1, 0.15) is 56.5 Å². The molecule has 154 valence electrons. The number of nitrogens with one attached hydrogen (secondary N) is 1. The topological polar surface area (TPSA) is 105 Å². The summed E-state index contributed by atoms with van der Waals surface area (Å²) in [7, 11) is 0. The van der Waals surface area contributed by atoms with Gasteiger partial charge in [-0.25, -0.2) is 9.31 Å². The summed E-state index contributed by atoms with van der Waals surface area (Å²) in [6.07, 6.45) is 1.17. The van der Waals surface area contributed by atoms with Gasteiger partial charge in [-0.3, -0.25) is 4.79 Å². The first kappa shape index (κ1) is 19.4. The lowest BCUT2D eigenvalue weighted by molar-refractivity contribution is 0.0203. The summed E-state index contributed by atoms with van der Waals surface area (Å²) < 4.78 is 7.25. The molecule has 0 bridgehead atoms. The van der Waals surface area contributed by atoms with Crippen molar-refractivity contribution >= 4 is 22.8 Å². The molecule has 1 aliphatic rings. The van der Waals surface area contributed by atoms with E-state index in [0.717, 1.165) is 35.2 Å². The molecule has 3 aromatic rings. The number of likely N-dealkylation sites (tertiary alicyclic amines) is 1. The van der Waals surface area contributed by atoms with Crippen molar-refractivity contribution in [2.24, 2.45) is 0 Å². The van der Waals surface area contributed by atoms with Crippen molar-refractivity contribution in [1.29, 1.82) is 0 Å². The Labute approximate surface area is 168 Å². The zero-order valence-electron chi connectivity index (χ0n) is 17.4. The lowest BCUT2D eigenvalue weighted by atomic mass is 9.93. The van der Waals surface area contributed by atoms with Gasteiger partial charge in [-0.2, -0.15) is 5.10 Å². The van der Waals surface area contributed by atoms with Gasteiger partial charge in [-0.1, -0.05) is 0 Å². The van der Waals surface area contributed by atoms with Crippen LogP contribution in [0.15, 0.2) is 10.9 Å². The van der Waals surface area contributed by atoms with Crippen LogP contribution in [0.5, 0.6) is 0 Å². The van der Waals surface area contributed by atoms with Crippen molar-refractivity contribution in [1.82, 2.24) is 29.7 Å². The minimum atomic E-state index is -0.515. The number of nitrogens with zero attached hydrogens (tertiary/aromatic N) is 5. The third-order valence-corrected chi connectivity index (χ3v) is 5.41. The van der Waals surface area contributed by atoms with Crippen LogP contribution in [-0.4, -0.2) is 54.5 Å². The molecular formula is C20H26N6O3. The van der Waals surface area contributed by atoms with Crippen molar-refractivity contribution in [2.75, 3.05) is 13.1 Å². The monoisotopic (exact) mass is 398 g/mol. The lowest BCUT2D eigenvalue weighted by Crippen LogP contribution is -2.41. The molecule has 0 atom stereocenters. The maximum Gasteiger partial charge on any atom is 0.410 e. The Bertz CT molecular complexity index is 1150. The van der Waals surface area contributed by atoms with Crippen LogP contribution >= 0.6 is 0 Å². The van der Waals surface area contributed by atoms with E-state index in [-0.39, 0.29) is 17.6 Å². The molecule has 0 saturated carbocycles. The van der Waals surface area contributed by atoms with E-state index in [1.165, 1.54) is 0 Å². The van der Waals surface area contributed by atoms with Crippen LogP contribution in [0.3, 0.4) is 0 Å². The Morgan fingerprint density at radius 1 is 1.21 bits per heavy atom. The molecule has 0 aromatic carbocycles. The van der Waals surface area contributed by atoms with Gasteiger partial charge in [0, 0.05) is 25.1 Å². The van der Waals surface area contributed by atoms with E-state index >= 15 is 0 Å². The van der Waals surface area contributed by atoms with Crippen molar-refractivity contribution < 1.29 is 9.53 Å². The summed E-state index contributed by atoms with van der Waals surface area (Å²) in [5.41, 5.74) is 3.08. The van der Waals surface area contributed by atoms with Crippen molar-refractivity contribution in [2.45, 2.75) is 59.0 Å². The fourth-order valence-electron chi connectivity index (χ4n) is 3.83. The summed E-state index contributed by atoms with van der Waals surface area (Å²) in [5, 5.41) is 13.8. The Morgan fingerprint density at radius 3 is 2.55 bits per heavy atom. The van der Waals surface area contributed by atoms with Gasteiger partial charge in [0.2, 0.25) is 5.65 Å². The standard InChI is InChI=1S/C20H26N6O3/c1-11-12(2)22-23-17-16(11)18-21-15(27)10-14(26(18)24-17)13-6-8-25(9-7-13)19(28)29-20(3,4)5/h10,13H,6-9H2,1-5H3,(H,21,27). The predicted octanol–water partition coefficient (Wildman–Crippen LogP) is 2.70. The van der Waals surface area contributed by atoms with E-state index < -0.39 is 5.60 Å². The maximum atomic E-state index is 12.4. The molecule has 4 rings (SSSR count). The van der Waals surface area contributed by atoms with Crippen LogP contribution in [0.4, 0.5) is 4.79 Å². The molecule has 9 nitrogen and oxygen atoms in total. The van der Waals surface area contributed by atoms with Crippen molar-refractivity contribution in [3.8, 4) is 0 Å². The maximum absolute atomic E-state index is 12.4. The van der Waals surface area contributed by atoms with E-state index in [0.29, 0.717) is 24.4 Å². The minimum Gasteiger partial charge on any atom is -0.444 e. The number of ether oxygens (including phenoxy) is 1. The summed E-state index contributed by atoms with van der Waals surface area (Å²) in [5.74, 6) is 0.113.